The first kappa shape index (κ1) is 20.5. The molecule has 138 valence electrons. The van der Waals surface area contributed by atoms with Crippen LogP contribution < -0.4 is 10.1 Å². The molecule has 1 amide bonds. The number of nitrogens with one attached hydrogen (secondary N) is 1. The van der Waals surface area contributed by atoms with Crippen molar-refractivity contribution in [3.05, 3.63) is 52.5 Å². The number of anilines is 1. The minimum Gasteiger partial charge on any atom is -0.478 e. The Morgan fingerprint density at radius 3 is 2.38 bits per heavy atom. The molecule has 0 radical (unpaired) electrons. The van der Waals surface area contributed by atoms with E-state index >= 15 is 0 Å². The Morgan fingerprint density at radius 2 is 1.73 bits per heavy atom. The summed E-state index contributed by atoms with van der Waals surface area (Å²) in [5.74, 6) is 0.276. The molecule has 3 rings (SSSR count). The fourth-order valence-electron chi connectivity index (χ4n) is 2.04. The molecule has 2 N–H and O–H groups in total. The number of amides is 1. The van der Waals surface area contributed by atoms with Gasteiger partial charge in [-0.15, -0.1) is 0 Å². The molecule has 0 spiro atoms. The van der Waals surface area contributed by atoms with Crippen molar-refractivity contribution in [3.8, 4) is 5.75 Å². The zero-order chi connectivity index (χ0) is 19.3. The van der Waals surface area contributed by atoms with Gasteiger partial charge in [0, 0.05) is 17.2 Å². The zero-order valence-electron chi connectivity index (χ0n) is 14.4. The molecule has 0 atom stereocenters. The van der Waals surface area contributed by atoms with Gasteiger partial charge in [-0.1, -0.05) is 34.5 Å². The minimum atomic E-state index is -1.07. The van der Waals surface area contributed by atoms with Gasteiger partial charge < -0.3 is 9.84 Å². The van der Waals surface area contributed by atoms with Gasteiger partial charge in [0.2, 0.25) is 0 Å². The lowest BCUT2D eigenvalue weighted by Gasteiger charge is -2.24. The first-order chi connectivity index (χ1) is 12.3. The number of benzene rings is 2. The van der Waals surface area contributed by atoms with E-state index in [4.69, 9.17) is 33.0 Å². The molecule has 26 heavy (non-hydrogen) atoms. The molecule has 0 aliphatic rings. The van der Waals surface area contributed by atoms with Crippen molar-refractivity contribution in [2.45, 2.75) is 19.4 Å². The summed E-state index contributed by atoms with van der Waals surface area (Å²) in [6.45, 7) is 3.39. The molecule has 0 aliphatic carbocycles. The average Bonchev–Trinajstić information content (AvgIpc) is 3.00. The summed E-state index contributed by atoms with van der Waals surface area (Å²) in [5, 5.41) is 11.5. The smallest absolute Gasteiger partial charge is 0.269 e. The fourth-order valence-corrected chi connectivity index (χ4v) is 3.31. The van der Waals surface area contributed by atoms with Crippen LogP contribution in [-0.2, 0) is 4.79 Å². The number of aliphatic hydroxyl groups excluding tert-OH is 1. The van der Waals surface area contributed by atoms with E-state index in [0.717, 1.165) is 17.3 Å². The lowest BCUT2D eigenvalue weighted by atomic mass is 10.1. The average molecular weight is 413 g/mol. The van der Waals surface area contributed by atoms with E-state index < -0.39 is 5.60 Å². The van der Waals surface area contributed by atoms with Gasteiger partial charge in [-0.3, -0.25) is 10.1 Å². The summed E-state index contributed by atoms with van der Waals surface area (Å²) in [7, 11) is 1.00. The molecule has 3 aromatic rings. The van der Waals surface area contributed by atoms with Crippen molar-refractivity contribution in [3.63, 3.8) is 0 Å². The van der Waals surface area contributed by atoms with Gasteiger partial charge >= 0.3 is 0 Å². The van der Waals surface area contributed by atoms with Crippen LogP contribution in [0.15, 0.2) is 42.5 Å². The zero-order valence-corrected chi connectivity index (χ0v) is 16.7. The highest BCUT2D eigenvalue weighted by Crippen LogP contribution is 2.29. The first-order valence-electron chi connectivity index (χ1n) is 7.60. The molecule has 1 aromatic heterocycles. The summed E-state index contributed by atoms with van der Waals surface area (Å²) in [4.78, 5) is 16.9. The number of aliphatic hydroxyl groups is 1. The second-order valence-corrected chi connectivity index (χ2v) is 7.56. The van der Waals surface area contributed by atoms with Gasteiger partial charge in [-0.25, -0.2) is 4.98 Å². The summed E-state index contributed by atoms with van der Waals surface area (Å²) in [5.41, 5.74) is -0.278. The van der Waals surface area contributed by atoms with Crippen LogP contribution in [0.25, 0.3) is 10.2 Å². The van der Waals surface area contributed by atoms with E-state index in [9.17, 15) is 4.79 Å². The van der Waals surface area contributed by atoms with E-state index in [1.807, 2.05) is 12.1 Å². The second kappa shape index (κ2) is 8.68. The third-order valence-electron chi connectivity index (χ3n) is 3.30. The highest BCUT2D eigenvalue weighted by Gasteiger charge is 2.30. The Balaban J connectivity index is 0.00000117. The van der Waals surface area contributed by atoms with E-state index in [1.165, 1.54) is 11.3 Å². The second-order valence-electron chi connectivity index (χ2n) is 5.65. The number of fused-ring (bicyclic) bond motifs is 1. The number of carbonyl (C=O) groups excluding carboxylic acids is 1. The van der Waals surface area contributed by atoms with Crippen molar-refractivity contribution in [1.82, 2.24) is 4.98 Å². The molecular formula is C18H18Cl2N2O3S. The van der Waals surface area contributed by atoms with E-state index in [0.29, 0.717) is 20.9 Å². The largest absolute Gasteiger partial charge is 0.478 e. The minimum absolute atomic E-state index is 0.289. The predicted octanol–water partition coefficient (Wildman–Crippen LogP) is 5.01. The van der Waals surface area contributed by atoms with Crippen LogP contribution in [0.3, 0.4) is 0 Å². The Morgan fingerprint density at radius 1 is 1.12 bits per heavy atom. The molecule has 0 bridgehead atoms. The Kier molecular flexibility index (Phi) is 6.83. The van der Waals surface area contributed by atoms with Crippen molar-refractivity contribution in [2.24, 2.45) is 0 Å². The lowest BCUT2D eigenvalue weighted by Crippen LogP contribution is -2.42. The fraction of sp³-hybridized carbons (Fsp3) is 0.222. The van der Waals surface area contributed by atoms with Crippen molar-refractivity contribution < 1.29 is 14.6 Å². The molecule has 0 aliphatic heterocycles. The van der Waals surface area contributed by atoms with Crippen LogP contribution in [-0.4, -0.2) is 28.7 Å². The molecule has 2 aromatic carbocycles. The number of thiazole rings is 1. The number of rotatable bonds is 4. The molecular weight excluding hydrogens is 395 g/mol. The molecule has 0 saturated carbocycles. The SMILES string of the molecule is CC(C)(Oc1ccc(Cl)cc1)C(=O)Nc1nc2ccc(Cl)cc2s1.CO. The Bertz CT molecular complexity index is 895. The third-order valence-corrected chi connectivity index (χ3v) is 4.73. The van der Waals surface area contributed by atoms with E-state index in [2.05, 4.69) is 10.3 Å². The van der Waals surface area contributed by atoms with Crippen molar-refractivity contribution in [1.29, 1.82) is 0 Å². The van der Waals surface area contributed by atoms with Crippen LogP contribution in [0.5, 0.6) is 5.75 Å². The number of hydrogen-bond acceptors (Lipinski definition) is 5. The van der Waals surface area contributed by atoms with E-state index in [1.54, 1.807) is 44.2 Å². The highest BCUT2D eigenvalue weighted by molar-refractivity contribution is 7.22. The lowest BCUT2D eigenvalue weighted by molar-refractivity contribution is -0.128. The summed E-state index contributed by atoms with van der Waals surface area (Å²) in [6.07, 6.45) is 0. The standard InChI is InChI=1S/C17H14Cl2N2O2S.CH4O/c1-17(2,23-12-6-3-10(18)4-7-12)15(22)21-16-20-13-8-5-11(19)9-14(13)24-16;1-2/h3-9H,1-2H3,(H,20,21,22);2H,1H3. The van der Waals surface area contributed by atoms with Gasteiger partial charge in [0.25, 0.3) is 5.91 Å². The monoisotopic (exact) mass is 412 g/mol. The molecule has 8 heteroatoms. The van der Waals surface area contributed by atoms with Crippen LogP contribution >= 0.6 is 34.5 Å². The van der Waals surface area contributed by atoms with Crippen LogP contribution in [0.4, 0.5) is 5.13 Å². The predicted molar refractivity (Wildman–Crippen MR) is 108 cm³/mol. The van der Waals surface area contributed by atoms with Crippen molar-refractivity contribution in [2.75, 3.05) is 12.4 Å². The van der Waals surface area contributed by atoms with Crippen LogP contribution in [0, 0.1) is 0 Å². The van der Waals surface area contributed by atoms with E-state index in [-0.39, 0.29) is 5.91 Å². The maximum absolute atomic E-state index is 12.5. The van der Waals surface area contributed by atoms with Crippen LogP contribution in [0.1, 0.15) is 13.8 Å². The quantitative estimate of drug-likeness (QED) is 0.631. The maximum Gasteiger partial charge on any atom is 0.269 e. The van der Waals surface area contributed by atoms with Gasteiger partial charge in [-0.05, 0) is 56.3 Å². The van der Waals surface area contributed by atoms with Gasteiger partial charge in [0.1, 0.15) is 5.75 Å². The third kappa shape index (κ3) is 5.08. The number of hydrogen-bond donors (Lipinski definition) is 2. The molecule has 5 nitrogen and oxygen atoms in total. The molecule has 0 fully saturated rings. The van der Waals surface area contributed by atoms with Gasteiger partial charge in [0.05, 0.1) is 10.2 Å². The molecule has 1 heterocycles. The van der Waals surface area contributed by atoms with Crippen molar-refractivity contribution >= 4 is 55.8 Å². The summed E-state index contributed by atoms with van der Waals surface area (Å²) < 4.78 is 6.68. The number of aromatic nitrogens is 1. The number of carbonyl (C=O) groups is 1. The Hall–Kier alpha value is -1.86. The van der Waals surface area contributed by atoms with Gasteiger partial charge in [-0.2, -0.15) is 0 Å². The number of nitrogens with zero attached hydrogens (tertiary/aromatic N) is 1. The normalized spacial score (nSPS) is 10.8. The number of halogens is 2. The molecule has 0 unspecified atom stereocenters. The van der Waals surface area contributed by atoms with Gasteiger partial charge in [0.15, 0.2) is 10.7 Å². The maximum atomic E-state index is 12.5. The van der Waals surface area contributed by atoms with Crippen LogP contribution in [0.2, 0.25) is 10.0 Å². The number of ether oxygens (including phenoxy) is 1. The first-order valence-corrected chi connectivity index (χ1v) is 9.17. The Labute approximate surface area is 165 Å². The summed E-state index contributed by atoms with van der Waals surface area (Å²) in [6, 6.07) is 12.3. The highest BCUT2D eigenvalue weighted by atomic mass is 35.5. The summed E-state index contributed by atoms with van der Waals surface area (Å²) >= 11 is 13.2. The molecule has 0 saturated heterocycles. The topological polar surface area (TPSA) is 71.5 Å².